The highest BCUT2D eigenvalue weighted by atomic mass is 35.5. The minimum Gasteiger partial charge on any atom is -0.220 e. The van der Waals surface area contributed by atoms with Gasteiger partial charge in [0, 0.05) is 12.0 Å². The van der Waals surface area contributed by atoms with Crippen molar-refractivity contribution in [2.75, 3.05) is 0 Å². The molecule has 0 spiro atoms. The summed E-state index contributed by atoms with van der Waals surface area (Å²) in [5.74, 6) is 0.568. The molecule has 0 aliphatic rings. The molecule has 0 atom stereocenters. The highest BCUT2D eigenvalue weighted by Gasteiger charge is 2.11. The molecule has 1 aromatic carbocycles. The Morgan fingerprint density at radius 3 is 2.15 bits per heavy atom. The quantitative estimate of drug-likeness (QED) is 0.668. The molecule has 2 rings (SSSR count). The number of rotatable bonds is 4. The van der Waals surface area contributed by atoms with Crippen molar-refractivity contribution >= 4 is 46.4 Å². The SMILES string of the molecule is CCCc1c(Cl)nc(Cc2ccc(Cl)c(Cl)c2)nc1Cl. The largest absolute Gasteiger partial charge is 0.220 e. The zero-order valence-corrected chi connectivity index (χ0v) is 13.8. The van der Waals surface area contributed by atoms with Gasteiger partial charge in [-0.05, 0) is 24.1 Å². The Labute approximate surface area is 138 Å². The summed E-state index contributed by atoms with van der Waals surface area (Å²) in [7, 11) is 0. The Kier molecular flexibility index (Phi) is 5.50. The first-order valence-corrected chi connectivity index (χ1v) is 7.67. The lowest BCUT2D eigenvalue weighted by Crippen LogP contribution is -2.02. The molecule has 0 saturated heterocycles. The topological polar surface area (TPSA) is 25.8 Å². The first-order valence-electron chi connectivity index (χ1n) is 6.16. The molecular formula is C14H12Cl4N2. The third kappa shape index (κ3) is 3.76. The summed E-state index contributed by atoms with van der Waals surface area (Å²) in [6.07, 6.45) is 2.21. The second kappa shape index (κ2) is 6.95. The van der Waals surface area contributed by atoms with Gasteiger partial charge in [-0.1, -0.05) is 65.8 Å². The van der Waals surface area contributed by atoms with Crippen LogP contribution in [0, 0.1) is 0 Å². The summed E-state index contributed by atoms with van der Waals surface area (Å²) in [5, 5.41) is 1.86. The summed E-state index contributed by atoms with van der Waals surface area (Å²) >= 11 is 24.2. The van der Waals surface area contributed by atoms with Gasteiger partial charge in [-0.2, -0.15) is 0 Å². The Balaban J connectivity index is 2.27. The van der Waals surface area contributed by atoms with Gasteiger partial charge in [-0.15, -0.1) is 0 Å². The van der Waals surface area contributed by atoms with Gasteiger partial charge >= 0.3 is 0 Å². The maximum atomic E-state index is 6.15. The molecule has 2 nitrogen and oxygen atoms in total. The second-order valence-electron chi connectivity index (χ2n) is 4.38. The Morgan fingerprint density at radius 2 is 1.60 bits per heavy atom. The second-order valence-corrected chi connectivity index (χ2v) is 5.91. The maximum absolute atomic E-state index is 6.15. The van der Waals surface area contributed by atoms with Crippen molar-refractivity contribution in [3.63, 3.8) is 0 Å². The van der Waals surface area contributed by atoms with Crippen molar-refractivity contribution in [1.82, 2.24) is 9.97 Å². The van der Waals surface area contributed by atoms with Gasteiger partial charge in [-0.25, -0.2) is 9.97 Å². The van der Waals surface area contributed by atoms with Crippen molar-refractivity contribution < 1.29 is 0 Å². The van der Waals surface area contributed by atoms with E-state index in [2.05, 4.69) is 16.9 Å². The highest BCUT2D eigenvalue weighted by molar-refractivity contribution is 6.42. The minimum atomic E-state index is 0.418. The van der Waals surface area contributed by atoms with Crippen LogP contribution in [0.15, 0.2) is 18.2 Å². The lowest BCUT2D eigenvalue weighted by molar-refractivity contribution is 0.877. The van der Waals surface area contributed by atoms with Crippen LogP contribution in [-0.2, 0) is 12.8 Å². The van der Waals surface area contributed by atoms with Gasteiger partial charge in [0.15, 0.2) is 0 Å². The van der Waals surface area contributed by atoms with E-state index < -0.39 is 0 Å². The molecule has 0 bridgehead atoms. The van der Waals surface area contributed by atoms with Gasteiger partial charge in [0.2, 0.25) is 0 Å². The van der Waals surface area contributed by atoms with Crippen LogP contribution in [0.4, 0.5) is 0 Å². The fourth-order valence-electron chi connectivity index (χ4n) is 1.84. The summed E-state index contributed by atoms with van der Waals surface area (Å²) < 4.78 is 0. The maximum Gasteiger partial charge on any atom is 0.137 e. The Morgan fingerprint density at radius 1 is 0.950 bits per heavy atom. The summed E-state index contributed by atoms with van der Waals surface area (Å²) in [6, 6.07) is 5.40. The van der Waals surface area contributed by atoms with E-state index in [-0.39, 0.29) is 0 Å². The lowest BCUT2D eigenvalue weighted by atomic mass is 10.1. The number of halogens is 4. The van der Waals surface area contributed by atoms with Gasteiger partial charge in [0.05, 0.1) is 10.0 Å². The highest BCUT2D eigenvalue weighted by Crippen LogP contribution is 2.26. The van der Waals surface area contributed by atoms with Crippen LogP contribution in [0.2, 0.25) is 20.4 Å². The Bertz CT molecular complexity index is 606. The number of hydrogen-bond acceptors (Lipinski definition) is 2. The molecule has 0 unspecified atom stereocenters. The molecule has 20 heavy (non-hydrogen) atoms. The molecule has 1 heterocycles. The van der Waals surface area contributed by atoms with E-state index in [0.29, 0.717) is 32.6 Å². The van der Waals surface area contributed by atoms with Crippen LogP contribution in [0.5, 0.6) is 0 Å². The number of benzene rings is 1. The van der Waals surface area contributed by atoms with Gasteiger partial charge in [-0.3, -0.25) is 0 Å². The molecule has 0 aliphatic heterocycles. The first kappa shape index (κ1) is 15.8. The monoisotopic (exact) mass is 348 g/mol. The number of aromatic nitrogens is 2. The summed E-state index contributed by atoms with van der Waals surface area (Å²) in [6.45, 7) is 2.05. The van der Waals surface area contributed by atoms with E-state index in [4.69, 9.17) is 46.4 Å². The average molecular weight is 350 g/mol. The van der Waals surface area contributed by atoms with Crippen molar-refractivity contribution in [2.45, 2.75) is 26.2 Å². The van der Waals surface area contributed by atoms with Crippen LogP contribution < -0.4 is 0 Å². The van der Waals surface area contributed by atoms with Gasteiger partial charge < -0.3 is 0 Å². The fraction of sp³-hybridized carbons (Fsp3) is 0.286. The van der Waals surface area contributed by atoms with Crippen LogP contribution >= 0.6 is 46.4 Å². The summed E-state index contributed by atoms with van der Waals surface area (Å²) in [4.78, 5) is 8.59. The fourth-order valence-corrected chi connectivity index (χ4v) is 2.77. The lowest BCUT2D eigenvalue weighted by Gasteiger charge is -2.08. The van der Waals surface area contributed by atoms with Gasteiger partial charge in [0.25, 0.3) is 0 Å². The standard InChI is InChI=1S/C14H12Cl4N2/c1-2-3-9-13(17)19-12(20-14(9)18)7-8-4-5-10(15)11(16)6-8/h4-6H,2-3,7H2,1H3. The zero-order chi connectivity index (χ0) is 14.7. The van der Waals surface area contributed by atoms with Gasteiger partial charge in [0.1, 0.15) is 16.1 Å². The van der Waals surface area contributed by atoms with E-state index in [1.807, 2.05) is 6.07 Å². The number of hydrogen-bond donors (Lipinski definition) is 0. The van der Waals surface area contributed by atoms with E-state index in [1.165, 1.54) is 0 Å². The predicted molar refractivity (Wildman–Crippen MR) is 85.3 cm³/mol. The number of nitrogens with zero attached hydrogens (tertiary/aromatic N) is 2. The average Bonchev–Trinajstić information content (AvgIpc) is 2.38. The van der Waals surface area contributed by atoms with Crippen molar-refractivity contribution in [2.24, 2.45) is 0 Å². The minimum absolute atomic E-state index is 0.418. The molecule has 0 aliphatic carbocycles. The molecular weight excluding hydrogens is 338 g/mol. The smallest absolute Gasteiger partial charge is 0.137 e. The third-order valence-corrected chi connectivity index (χ3v) is 4.16. The molecule has 0 saturated carbocycles. The van der Waals surface area contributed by atoms with Crippen LogP contribution in [0.25, 0.3) is 0 Å². The van der Waals surface area contributed by atoms with Crippen molar-refractivity contribution in [1.29, 1.82) is 0 Å². The van der Waals surface area contributed by atoms with Crippen LogP contribution in [0.3, 0.4) is 0 Å². The molecule has 0 amide bonds. The van der Waals surface area contributed by atoms with E-state index in [0.717, 1.165) is 24.0 Å². The predicted octanol–water partition coefficient (Wildman–Crippen LogP) is 5.63. The molecule has 0 N–H and O–H groups in total. The summed E-state index contributed by atoms with van der Waals surface area (Å²) in [5.41, 5.74) is 1.75. The van der Waals surface area contributed by atoms with Crippen LogP contribution in [-0.4, -0.2) is 9.97 Å². The normalized spacial score (nSPS) is 10.8. The van der Waals surface area contributed by atoms with Crippen molar-refractivity contribution in [3.8, 4) is 0 Å². The zero-order valence-electron chi connectivity index (χ0n) is 10.8. The van der Waals surface area contributed by atoms with E-state index in [1.54, 1.807) is 12.1 Å². The molecule has 6 heteroatoms. The first-order chi connectivity index (χ1) is 9.51. The van der Waals surface area contributed by atoms with E-state index >= 15 is 0 Å². The molecule has 0 fully saturated rings. The van der Waals surface area contributed by atoms with Crippen LogP contribution in [0.1, 0.15) is 30.3 Å². The molecule has 106 valence electrons. The Hall–Kier alpha value is -0.540. The molecule has 1 aromatic heterocycles. The third-order valence-electron chi connectivity index (χ3n) is 2.80. The molecule has 0 radical (unpaired) electrons. The van der Waals surface area contributed by atoms with Crippen molar-refractivity contribution in [3.05, 3.63) is 55.5 Å². The van der Waals surface area contributed by atoms with E-state index in [9.17, 15) is 0 Å². The molecule has 2 aromatic rings.